The Morgan fingerprint density at radius 1 is 1.35 bits per heavy atom. The first-order chi connectivity index (χ1) is 7.80. The summed E-state index contributed by atoms with van der Waals surface area (Å²) in [7, 11) is 1.79. The number of hydrogen-bond acceptors (Lipinski definition) is 4. The highest BCUT2D eigenvalue weighted by Gasteiger charge is 2.15. The monoisotopic (exact) mass is 237 g/mol. The number of nitrogens with zero attached hydrogens (tertiary/aromatic N) is 3. The molecule has 1 heterocycles. The predicted molar refractivity (Wildman–Crippen MR) is 66.3 cm³/mol. The number of carboxylic acids is 1. The molecule has 1 aromatic rings. The van der Waals surface area contributed by atoms with Crippen molar-refractivity contribution in [2.45, 2.75) is 32.6 Å². The molecule has 0 spiro atoms. The lowest BCUT2D eigenvalue weighted by molar-refractivity contribution is -0.136. The first-order valence-corrected chi connectivity index (χ1v) is 5.56. The molecule has 0 radical (unpaired) electrons. The van der Waals surface area contributed by atoms with E-state index < -0.39 is 5.97 Å². The number of rotatable bonds is 4. The molecule has 0 saturated carbocycles. The van der Waals surface area contributed by atoms with Crippen LogP contribution in [0.4, 0.5) is 5.95 Å². The molecule has 0 atom stereocenters. The maximum Gasteiger partial charge on any atom is 0.305 e. The second-order valence-corrected chi connectivity index (χ2v) is 5.09. The van der Waals surface area contributed by atoms with Gasteiger partial charge in [-0.15, -0.1) is 0 Å². The van der Waals surface area contributed by atoms with Crippen molar-refractivity contribution < 1.29 is 9.90 Å². The smallest absolute Gasteiger partial charge is 0.305 e. The van der Waals surface area contributed by atoms with Crippen molar-refractivity contribution in [3.05, 3.63) is 18.0 Å². The molecule has 17 heavy (non-hydrogen) atoms. The van der Waals surface area contributed by atoms with Crippen molar-refractivity contribution in [3.63, 3.8) is 0 Å². The van der Waals surface area contributed by atoms with Gasteiger partial charge in [0.1, 0.15) is 0 Å². The fourth-order valence-electron chi connectivity index (χ4n) is 1.27. The van der Waals surface area contributed by atoms with Crippen LogP contribution >= 0.6 is 0 Å². The fraction of sp³-hybridized carbons (Fsp3) is 0.583. The topological polar surface area (TPSA) is 66.3 Å². The second-order valence-electron chi connectivity index (χ2n) is 5.09. The molecule has 1 aromatic heterocycles. The van der Waals surface area contributed by atoms with Crippen LogP contribution in [-0.4, -0.2) is 34.6 Å². The van der Waals surface area contributed by atoms with E-state index in [1.54, 1.807) is 24.3 Å². The summed E-state index contributed by atoms with van der Waals surface area (Å²) < 4.78 is 0. The van der Waals surface area contributed by atoms with Crippen LogP contribution in [0.3, 0.4) is 0 Å². The molecule has 1 N–H and O–H groups in total. The van der Waals surface area contributed by atoms with Gasteiger partial charge in [-0.1, -0.05) is 20.8 Å². The van der Waals surface area contributed by atoms with Crippen LogP contribution < -0.4 is 4.90 Å². The van der Waals surface area contributed by atoms with Crippen molar-refractivity contribution in [2.24, 2.45) is 0 Å². The molecule has 0 bridgehead atoms. The van der Waals surface area contributed by atoms with Gasteiger partial charge >= 0.3 is 5.97 Å². The zero-order valence-electron chi connectivity index (χ0n) is 10.8. The first kappa shape index (κ1) is 13.4. The van der Waals surface area contributed by atoms with E-state index in [-0.39, 0.29) is 11.8 Å². The summed E-state index contributed by atoms with van der Waals surface area (Å²) in [6.45, 7) is 6.70. The normalized spacial score (nSPS) is 11.3. The maximum absolute atomic E-state index is 10.5. The Balaban J connectivity index is 2.70. The Morgan fingerprint density at radius 2 is 1.88 bits per heavy atom. The summed E-state index contributed by atoms with van der Waals surface area (Å²) in [4.78, 5) is 20.7. The standard InChI is InChI=1S/C12H19N3O2/c1-12(2,3)9-7-13-11(14-8-9)15(4)6-5-10(16)17/h7-8H,5-6H2,1-4H3,(H,16,17). The molecule has 0 aliphatic heterocycles. The van der Waals surface area contributed by atoms with Crippen LogP contribution in [0, 0.1) is 0 Å². The summed E-state index contributed by atoms with van der Waals surface area (Å²) in [5.41, 5.74) is 1.09. The van der Waals surface area contributed by atoms with Gasteiger partial charge in [0.2, 0.25) is 5.95 Å². The van der Waals surface area contributed by atoms with Crippen molar-refractivity contribution in [2.75, 3.05) is 18.5 Å². The van der Waals surface area contributed by atoms with E-state index >= 15 is 0 Å². The average Bonchev–Trinajstić information content (AvgIpc) is 2.25. The molecule has 0 fully saturated rings. The molecular formula is C12H19N3O2. The Morgan fingerprint density at radius 3 is 2.29 bits per heavy atom. The molecule has 0 amide bonds. The lowest BCUT2D eigenvalue weighted by Crippen LogP contribution is -2.23. The van der Waals surface area contributed by atoms with Gasteiger partial charge in [-0.25, -0.2) is 9.97 Å². The van der Waals surface area contributed by atoms with Crippen LogP contribution in [0.5, 0.6) is 0 Å². The third-order valence-electron chi connectivity index (χ3n) is 2.51. The summed E-state index contributed by atoms with van der Waals surface area (Å²) in [5, 5.41) is 8.59. The molecule has 5 nitrogen and oxygen atoms in total. The Labute approximate surface area is 102 Å². The zero-order valence-corrected chi connectivity index (χ0v) is 10.8. The van der Waals surface area contributed by atoms with Crippen LogP contribution in [0.1, 0.15) is 32.8 Å². The van der Waals surface area contributed by atoms with E-state index in [1.807, 2.05) is 0 Å². The minimum atomic E-state index is -0.817. The van der Waals surface area contributed by atoms with Gasteiger partial charge in [-0.05, 0) is 11.0 Å². The van der Waals surface area contributed by atoms with Crippen LogP contribution in [0.2, 0.25) is 0 Å². The highest BCUT2D eigenvalue weighted by atomic mass is 16.4. The number of hydrogen-bond donors (Lipinski definition) is 1. The van der Waals surface area contributed by atoms with Gasteiger partial charge in [-0.3, -0.25) is 4.79 Å². The number of carboxylic acid groups (broad SMARTS) is 1. The van der Waals surface area contributed by atoms with Gasteiger partial charge in [0, 0.05) is 26.0 Å². The van der Waals surface area contributed by atoms with E-state index in [0.717, 1.165) is 5.56 Å². The fourth-order valence-corrected chi connectivity index (χ4v) is 1.27. The zero-order chi connectivity index (χ0) is 13.1. The SMILES string of the molecule is CN(CCC(=O)O)c1ncc(C(C)(C)C)cn1. The number of aromatic nitrogens is 2. The van der Waals surface area contributed by atoms with Crippen molar-refractivity contribution in [1.29, 1.82) is 0 Å². The van der Waals surface area contributed by atoms with Crippen LogP contribution in [0.25, 0.3) is 0 Å². The molecule has 94 valence electrons. The quantitative estimate of drug-likeness (QED) is 0.863. The van der Waals surface area contributed by atoms with Gasteiger partial charge in [-0.2, -0.15) is 0 Å². The Bertz CT molecular complexity index is 382. The predicted octanol–water partition coefficient (Wildman–Crippen LogP) is 1.68. The number of carbonyl (C=O) groups is 1. The van der Waals surface area contributed by atoms with E-state index in [9.17, 15) is 4.79 Å². The average molecular weight is 237 g/mol. The molecule has 1 rings (SSSR count). The maximum atomic E-state index is 10.5. The summed E-state index contributed by atoms with van der Waals surface area (Å²) in [5.74, 6) is -0.262. The molecule has 5 heteroatoms. The van der Waals surface area contributed by atoms with E-state index in [2.05, 4.69) is 30.7 Å². The molecule has 0 aromatic carbocycles. The minimum absolute atomic E-state index is 0.0260. The van der Waals surface area contributed by atoms with Gasteiger partial charge in [0.05, 0.1) is 6.42 Å². The molecule has 0 unspecified atom stereocenters. The third kappa shape index (κ3) is 4.01. The van der Waals surface area contributed by atoms with E-state index in [0.29, 0.717) is 12.5 Å². The van der Waals surface area contributed by atoms with Gasteiger partial charge in [0.15, 0.2) is 0 Å². The molecule has 0 saturated heterocycles. The lowest BCUT2D eigenvalue weighted by atomic mass is 9.89. The minimum Gasteiger partial charge on any atom is -0.481 e. The van der Waals surface area contributed by atoms with Crippen molar-refractivity contribution in [3.8, 4) is 0 Å². The third-order valence-corrected chi connectivity index (χ3v) is 2.51. The molecular weight excluding hydrogens is 218 g/mol. The highest BCUT2D eigenvalue weighted by Crippen LogP contribution is 2.21. The Kier molecular flexibility index (Phi) is 4.04. The molecule has 0 aliphatic rings. The van der Waals surface area contributed by atoms with E-state index in [4.69, 9.17) is 5.11 Å². The van der Waals surface area contributed by atoms with Crippen LogP contribution in [-0.2, 0) is 10.2 Å². The number of anilines is 1. The van der Waals surface area contributed by atoms with Crippen molar-refractivity contribution >= 4 is 11.9 Å². The van der Waals surface area contributed by atoms with Gasteiger partial charge < -0.3 is 10.0 Å². The summed E-state index contributed by atoms with van der Waals surface area (Å²) in [6.07, 6.45) is 3.67. The lowest BCUT2D eigenvalue weighted by Gasteiger charge is -2.20. The second kappa shape index (κ2) is 5.12. The van der Waals surface area contributed by atoms with Gasteiger partial charge in [0.25, 0.3) is 0 Å². The van der Waals surface area contributed by atoms with Crippen LogP contribution in [0.15, 0.2) is 12.4 Å². The molecule has 0 aliphatic carbocycles. The van der Waals surface area contributed by atoms with E-state index in [1.165, 1.54) is 0 Å². The highest BCUT2D eigenvalue weighted by molar-refractivity contribution is 5.67. The Hall–Kier alpha value is -1.65. The summed E-state index contributed by atoms with van der Waals surface area (Å²) in [6, 6.07) is 0. The number of aliphatic carboxylic acids is 1. The largest absolute Gasteiger partial charge is 0.481 e. The summed E-state index contributed by atoms with van der Waals surface area (Å²) >= 11 is 0. The van der Waals surface area contributed by atoms with Crippen molar-refractivity contribution in [1.82, 2.24) is 9.97 Å². The first-order valence-electron chi connectivity index (χ1n) is 5.56.